The van der Waals surface area contributed by atoms with Gasteiger partial charge in [0.2, 0.25) is 0 Å². The predicted molar refractivity (Wildman–Crippen MR) is 278 cm³/mol. The van der Waals surface area contributed by atoms with E-state index in [4.69, 9.17) is 4.42 Å². The van der Waals surface area contributed by atoms with E-state index in [9.17, 15) is 0 Å². The maximum Gasteiger partial charge on any atom is 0.198 e. The van der Waals surface area contributed by atoms with Gasteiger partial charge in [-0.25, -0.2) is 0 Å². The smallest absolute Gasteiger partial charge is 0.198 e. The number of hydrogen-bond acceptors (Lipinski definition) is 2. The summed E-state index contributed by atoms with van der Waals surface area (Å²) < 4.78 is 9.33. The van der Waals surface area contributed by atoms with E-state index in [0.29, 0.717) is 0 Å². The summed E-state index contributed by atoms with van der Waals surface area (Å²) in [7, 11) is 2.51. The largest absolute Gasteiger partial charge is 0.456 e. The predicted octanol–water partition coefficient (Wildman–Crippen LogP) is 15.3. The number of rotatable bonds is 3. The summed E-state index contributed by atoms with van der Waals surface area (Å²) >= 11 is 0. The molecule has 323 valence electrons. The number of fused-ring (bicyclic) bond motifs is 13. The van der Waals surface area contributed by atoms with Crippen LogP contribution in [0.15, 0.2) is 120 Å². The van der Waals surface area contributed by atoms with Crippen molar-refractivity contribution >= 4 is 73.3 Å². The lowest BCUT2D eigenvalue weighted by Crippen LogP contribution is -2.38. The fourth-order valence-corrected chi connectivity index (χ4v) is 12.1. The number of hydrogen-bond donors (Lipinski definition) is 1. The van der Waals surface area contributed by atoms with E-state index in [0.717, 1.165) is 39.7 Å². The molecule has 0 atom stereocenters. The molecule has 3 nitrogen and oxygen atoms in total. The van der Waals surface area contributed by atoms with Gasteiger partial charge in [-0.1, -0.05) is 149 Å². The molecule has 1 aliphatic heterocycles. The van der Waals surface area contributed by atoms with Crippen molar-refractivity contribution in [1.82, 2.24) is 4.57 Å². The van der Waals surface area contributed by atoms with E-state index >= 15 is 0 Å². The van der Waals surface area contributed by atoms with E-state index in [1.807, 2.05) is 0 Å². The topological polar surface area (TPSA) is 30.1 Å². The molecule has 0 saturated heterocycles. The van der Waals surface area contributed by atoms with Crippen LogP contribution in [0.4, 0.5) is 11.4 Å². The molecule has 1 radical (unpaired) electrons. The maximum atomic E-state index is 6.67. The molecule has 2 aromatic heterocycles. The first-order chi connectivity index (χ1) is 30.7. The Kier molecular flexibility index (Phi) is 8.16. The van der Waals surface area contributed by atoms with E-state index < -0.39 is 0 Å². The zero-order valence-corrected chi connectivity index (χ0v) is 40.3. The minimum absolute atomic E-state index is 0.0493. The second-order valence-electron chi connectivity index (χ2n) is 23.6. The van der Waals surface area contributed by atoms with Crippen LogP contribution in [0, 0.1) is 0 Å². The number of furan rings is 1. The average molecular weight is 848 g/mol. The maximum absolute atomic E-state index is 6.67. The van der Waals surface area contributed by atoms with Crippen LogP contribution in [0.3, 0.4) is 0 Å². The Hall–Kier alpha value is -6.00. The molecule has 3 heterocycles. The molecule has 65 heavy (non-hydrogen) atoms. The number of nitrogens with zero attached hydrogens (tertiary/aromatic N) is 1. The van der Waals surface area contributed by atoms with Gasteiger partial charge in [-0.15, -0.1) is 0 Å². The third-order valence-electron chi connectivity index (χ3n) is 16.0. The monoisotopic (exact) mass is 847 g/mol. The van der Waals surface area contributed by atoms with Crippen molar-refractivity contribution in [2.24, 2.45) is 0 Å². The highest BCUT2D eigenvalue weighted by atomic mass is 16.3. The van der Waals surface area contributed by atoms with Gasteiger partial charge in [0.1, 0.15) is 11.2 Å². The van der Waals surface area contributed by atoms with Gasteiger partial charge >= 0.3 is 0 Å². The SMILES string of the molecule is CC(C)(C)c1ccc(Nc2ccc(C(C)(C)C)cc2-c2c3c(c4c5cc6c(cc5n5c4c2[B]c2cc4oc7ccccc7c4cc2-5)C(C)(C)CCC6(C)C)-c2ccccc2C3(C)C)cc1. The van der Waals surface area contributed by atoms with Crippen LogP contribution < -0.4 is 16.2 Å². The molecule has 0 fully saturated rings. The Morgan fingerprint density at radius 2 is 1.25 bits per heavy atom. The fourth-order valence-electron chi connectivity index (χ4n) is 12.1. The second kappa shape index (κ2) is 13.1. The summed E-state index contributed by atoms with van der Waals surface area (Å²) in [5.74, 6) is 0. The third-order valence-corrected chi connectivity index (χ3v) is 16.0. The molecular weight excluding hydrogens is 787 g/mol. The van der Waals surface area contributed by atoms with Crippen LogP contribution in [0.25, 0.3) is 71.7 Å². The van der Waals surface area contributed by atoms with Crippen LogP contribution in [0.5, 0.6) is 0 Å². The van der Waals surface area contributed by atoms with E-state index in [-0.39, 0.29) is 27.1 Å². The van der Waals surface area contributed by atoms with Crippen LogP contribution in [0.1, 0.15) is 129 Å². The lowest BCUT2D eigenvalue weighted by Gasteiger charge is -2.42. The Morgan fingerprint density at radius 3 is 1.97 bits per heavy atom. The van der Waals surface area contributed by atoms with Crippen molar-refractivity contribution in [3.63, 3.8) is 0 Å². The molecule has 4 heteroatoms. The Balaban J connectivity index is 1.27. The highest BCUT2D eigenvalue weighted by Gasteiger charge is 2.44. The van der Waals surface area contributed by atoms with Gasteiger partial charge in [-0.3, -0.25) is 0 Å². The summed E-state index contributed by atoms with van der Waals surface area (Å²) in [5, 5.41) is 9.02. The van der Waals surface area contributed by atoms with Gasteiger partial charge in [0.25, 0.3) is 0 Å². The van der Waals surface area contributed by atoms with Crippen LogP contribution in [-0.2, 0) is 27.1 Å². The zero-order valence-electron chi connectivity index (χ0n) is 40.3. The van der Waals surface area contributed by atoms with Gasteiger partial charge in [-0.2, -0.15) is 0 Å². The lowest BCUT2D eigenvalue weighted by molar-refractivity contribution is 0.332. The molecular formula is C61H60BN2O. The Labute approximate surface area is 385 Å². The molecule has 0 bridgehead atoms. The van der Waals surface area contributed by atoms with Crippen LogP contribution >= 0.6 is 0 Å². The first kappa shape index (κ1) is 40.5. The normalized spacial score (nSPS) is 16.7. The molecule has 0 amide bonds. The number of anilines is 2. The van der Waals surface area contributed by atoms with Crippen molar-refractivity contribution in [2.75, 3.05) is 5.32 Å². The molecule has 0 saturated carbocycles. The average Bonchev–Trinajstić information content (AvgIpc) is 3.87. The highest BCUT2D eigenvalue weighted by molar-refractivity contribution is 6.74. The van der Waals surface area contributed by atoms with Gasteiger partial charge in [0.15, 0.2) is 7.28 Å². The molecule has 1 N–H and O–H groups in total. The lowest BCUT2D eigenvalue weighted by atomic mass is 9.57. The summed E-state index contributed by atoms with van der Waals surface area (Å²) in [5.41, 5.74) is 23.7. The molecule has 7 aromatic carbocycles. The second-order valence-corrected chi connectivity index (χ2v) is 23.6. The fraction of sp³-hybridized carbons (Fsp3) is 0.311. The summed E-state index contributed by atoms with van der Waals surface area (Å²) in [6.45, 7) is 28.6. The zero-order chi connectivity index (χ0) is 45.3. The summed E-state index contributed by atoms with van der Waals surface area (Å²) in [6.07, 6.45) is 2.33. The minimum atomic E-state index is -0.296. The van der Waals surface area contributed by atoms with Gasteiger partial charge in [-0.05, 0) is 145 Å². The van der Waals surface area contributed by atoms with Crippen molar-refractivity contribution in [1.29, 1.82) is 0 Å². The van der Waals surface area contributed by atoms with Crippen LogP contribution in [0.2, 0.25) is 0 Å². The Morgan fingerprint density at radius 1 is 0.585 bits per heavy atom. The summed E-state index contributed by atoms with van der Waals surface area (Å²) in [4.78, 5) is 0. The van der Waals surface area contributed by atoms with Gasteiger partial charge in [0.05, 0.1) is 5.52 Å². The third kappa shape index (κ3) is 5.74. The number of para-hydroxylation sites is 1. The minimum Gasteiger partial charge on any atom is -0.456 e. The molecule has 0 spiro atoms. The van der Waals surface area contributed by atoms with E-state index in [1.165, 1.54) is 100 Å². The van der Waals surface area contributed by atoms with Crippen LogP contribution in [-0.4, -0.2) is 11.8 Å². The molecule has 9 aromatic rings. The van der Waals surface area contributed by atoms with Crippen molar-refractivity contribution in [3.8, 4) is 27.9 Å². The van der Waals surface area contributed by atoms with Crippen molar-refractivity contribution in [2.45, 2.75) is 123 Å². The van der Waals surface area contributed by atoms with Gasteiger partial charge < -0.3 is 14.3 Å². The molecule has 12 rings (SSSR count). The first-order valence-electron chi connectivity index (χ1n) is 23.9. The standard InChI is InChI=1S/C61H60BN2O/c1-57(2,3)34-21-24-36(25-22-34)63-46-26-23-35(58(4,5)6)29-40(46)53-54-51(38-18-13-15-19-42(38)61(54,11)12)52-41-30-43-44(60(9,10)28-27-59(43,7)8)32-47(41)64-48-31-39-37-17-14-16-20-49(37)65-50(39)33-45(48)62-55(53)56(52)64/h13-26,29-33,63H,27-28H2,1-12H3. The highest BCUT2D eigenvalue weighted by Crippen LogP contribution is 2.58. The van der Waals surface area contributed by atoms with E-state index in [1.54, 1.807) is 0 Å². The summed E-state index contributed by atoms with van der Waals surface area (Å²) in [6, 6.07) is 44.0. The Bertz CT molecular complexity index is 3520. The number of benzene rings is 7. The molecule has 2 aliphatic carbocycles. The van der Waals surface area contributed by atoms with Crippen molar-refractivity contribution < 1.29 is 4.42 Å². The quantitative estimate of drug-likeness (QED) is 0.180. The van der Waals surface area contributed by atoms with E-state index in [2.05, 4.69) is 216 Å². The van der Waals surface area contributed by atoms with Crippen molar-refractivity contribution in [3.05, 3.63) is 149 Å². The molecule has 3 aliphatic rings. The number of nitrogens with one attached hydrogen (secondary N) is 1. The van der Waals surface area contributed by atoms with Gasteiger partial charge in [0, 0.05) is 55.1 Å². The first-order valence-corrected chi connectivity index (χ1v) is 23.9. The number of aromatic nitrogens is 1. The molecule has 0 unspecified atom stereocenters.